The van der Waals surface area contributed by atoms with Crippen LogP contribution >= 0.6 is 0 Å². The van der Waals surface area contributed by atoms with Gasteiger partial charge in [-0.3, -0.25) is 4.79 Å². The second-order valence-electron chi connectivity index (χ2n) is 5.67. The minimum absolute atomic E-state index is 0.222. The van der Waals surface area contributed by atoms with Gasteiger partial charge in [-0.25, -0.2) is 0 Å². The fourth-order valence-corrected chi connectivity index (χ4v) is 2.71. The zero-order chi connectivity index (χ0) is 14.0. The van der Waals surface area contributed by atoms with Gasteiger partial charge in [-0.1, -0.05) is 6.07 Å². The molecule has 1 aliphatic heterocycles. The van der Waals surface area contributed by atoms with Crippen molar-refractivity contribution in [2.45, 2.75) is 33.6 Å². The van der Waals surface area contributed by atoms with E-state index in [1.165, 1.54) is 16.7 Å². The van der Waals surface area contributed by atoms with Gasteiger partial charge in [0.1, 0.15) is 0 Å². The van der Waals surface area contributed by atoms with Crippen molar-refractivity contribution in [3.8, 4) is 0 Å². The monoisotopic (exact) mass is 260 g/mol. The minimum Gasteiger partial charge on any atom is -0.316 e. The molecule has 1 aromatic carbocycles. The van der Waals surface area contributed by atoms with E-state index in [2.05, 4.69) is 38.2 Å². The van der Waals surface area contributed by atoms with Gasteiger partial charge in [0, 0.05) is 19.2 Å². The van der Waals surface area contributed by atoms with Crippen LogP contribution in [0.3, 0.4) is 0 Å². The van der Waals surface area contributed by atoms with Crippen LogP contribution in [0.25, 0.3) is 0 Å². The second-order valence-corrected chi connectivity index (χ2v) is 5.67. The molecule has 1 N–H and O–H groups in total. The highest BCUT2D eigenvalue weighted by Gasteiger charge is 2.21. The van der Waals surface area contributed by atoms with Crippen LogP contribution in [0.1, 0.15) is 29.5 Å². The maximum atomic E-state index is 12.3. The van der Waals surface area contributed by atoms with E-state index < -0.39 is 0 Å². The zero-order valence-corrected chi connectivity index (χ0v) is 12.4. The van der Waals surface area contributed by atoms with Crippen molar-refractivity contribution >= 4 is 11.6 Å². The predicted octanol–water partition coefficient (Wildman–Crippen LogP) is 2.57. The molecule has 1 atom stereocenters. The summed E-state index contributed by atoms with van der Waals surface area (Å²) in [4.78, 5) is 14.2. The molecule has 19 heavy (non-hydrogen) atoms. The Bertz CT molecular complexity index is 476. The number of hydrogen-bond acceptors (Lipinski definition) is 2. The molecule has 104 valence electrons. The molecule has 0 radical (unpaired) electrons. The van der Waals surface area contributed by atoms with Crippen molar-refractivity contribution in [2.24, 2.45) is 5.92 Å². The van der Waals surface area contributed by atoms with E-state index in [9.17, 15) is 4.79 Å². The van der Waals surface area contributed by atoms with E-state index in [1.807, 2.05) is 11.9 Å². The molecule has 0 bridgehead atoms. The Labute approximate surface area is 116 Å². The van der Waals surface area contributed by atoms with Gasteiger partial charge in [-0.15, -0.1) is 0 Å². The Hall–Kier alpha value is -1.35. The van der Waals surface area contributed by atoms with Crippen LogP contribution < -0.4 is 10.2 Å². The van der Waals surface area contributed by atoms with Crippen molar-refractivity contribution in [3.05, 3.63) is 28.8 Å². The molecule has 0 spiro atoms. The lowest BCUT2D eigenvalue weighted by atomic mass is 10.0. The molecule has 1 heterocycles. The van der Waals surface area contributed by atoms with Crippen LogP contribution in [0.4, 0.5) is 5.69 Å². The van der Waals surface area contributed by atoms with Crippen LogP contribution in [-0.4, -0.2) is 26.0 Å². The summed E-state index contributed by atoms with van der Waals surface area (Å²) in [6.45, 7) is 8.35. The Morgan fingerprint density at radius 3 is 2.68 bits per heavy atom. The molecule has 0 saturated carbocycles. The highest BCUT2D eigenvalue weighted by Crippen LogP contribution is 2.26. The second kappa shape index (κ2) is 5.74. The number of anilines is 1. The largest absolute Gasteiger partial charge is 0.316 e. The Kier molecular flexibility index (Phi) is 4.25. The first-order valence-electron chi connectivity index (χ1n) is 7.04. The fourth-order valence-electron chi connectivity index (χ4n) is 2.71. The first-order chi connectivity index (χ1) is 9.00. The summed E-state index contributed by atoms with van der Waals surface area (Å²) in [5.74, 6) is 0.724. The fraction of sp³-hybridized carbons (Fsp3) is 0.562. The normalized spacial score (nSPS) is 18.6. The predicted molar refractivity (Wildman–Crippen MR) is 79.7 cm³/mol. The quantitative estimate of drug-likeness (QED) is 0.906. The molecule has 1 unspecified atom stereocenters. The number of amides is 1. The third-order valence-corrected chi connectivity index (χ3v) is 4.39. The molecular formula is C16H24N2O. The molecular weight excluding hydrogens is 236 g/mol. The molecule has 3 nitrogen and oxygen atoms in total. The summed E-state index contributed by atoms with van der Waals surface area (Å²) in [5.41, 5.74) is 4.81. The van der Waals surface area contributed by atoms with Gasteiger partial charge in [0.25, 0.3) is 0 Å². The van der Waals surface area contributed by atoms with Crippen molar-refractivity contribution < 1.29 is 4.79 Å². The highest BCUT2D eigenvalue weighted by molar-refractivity contribution is 5.94. The number of benzene rings is 1. The van der Waals surface area contributed by atoms with Crippen molar-refractivity contribution in [1.82, 2.24) is 5.32 Å². The van der Waals surface area contributed by atoms with Gasteiger partial charge < -0.3 is 10.2 Å². The Balaban J connectivity index is 2.12. The molecule has 3 heteroatoms. The molecule has 0 aromatic heterocycles. The van der Waals surface area contributed by atoms with E-state index >= 15 is 0 Å². The van der Waals surface area contributed by atoms with Crippen molar-refractivity contribution in [2.75, 3.05) is 25.0 Å². The average Bonchev–Trinajstić information content (AvgIpc) is 2.88. The lowest BCUT2D eigenvalue weighted by Crippen LogP contribution is -2.29. The number of carbonyl (C=O) groups is 1. The zero-order valence-electron chi connectivity index (χ0n) is 12.4. The van der Waals surface area contributed by atoms with Crippen LogP contribution in [0.15, 0.2) is 12.1 Å². The van der Waals surface area contributed by atoms with Gasteiger partial charge in [0.05, 0.1) is 0 Å². The van der Waals surface area contributed by atoms with E-state index in [0.29, 0.717) is 12.3 Å². The summed E-state index contributed by atoms with van der Waals surface area (Å²) in [6.07, 6.45) is 1.77. The van der Waals surface area contributed by atoms with Gasteiger partial charge in [-0.05, 0) is 69.0 Å². The summed E-state index contributed by atoms with van der Waals surface area (Å²) in [5, 5.41) is 3.31. The first-order valence-corrected chi connectivity index (χ1v) is 7.04. The number of nitrogens with one attached hydrogen (secondary N) is 1. The summed E-state index contributed by atoms with van der Waals surface area (Å²) < 4.78 is 0. The van der Waals surface area contributed by atoms with Crippen molar-refractivity contribution in [1.29, 1.82) is 0 Å². The topological polar surface area (TPSA) is 32.3 Å². The third-order valence-electron chi connectivity index (χ3n) is 4.39. The minimum atomic E-state index is 0.222. The Morgan fingerprint density at radius 2 is 2.05 bits per heavy atom. The number of carbonyl (C=O) groups excluding carboxylic acids is 1. The number of hydrogen-bond donors (Lipinski definition) is 1. The third kappa shape index (κ3) is 2.98. The maximum Gasteiger partial charge on any atom is 0.227 e. The first kappa shape index (κ1) is 14.1. The molecule has 1 saturated heterocycles. The number of aryl methyl sites for hydroxylation is 1. The number of nitrogens with zero attached hydrogens (tertiary/aromatic N) is 1. The molecule has 2 rings (SSSR count). The standard InChI is InChI=1S/C16H24N2O/c1-11-5-6-15(13(3)12(11)2)18(4)16(19)9-14-7-8-17-10-14/h5-6,14,17H,7-10H2,1-4H3. The van der Waals surface area contributed by atoms with Gasteiger partial charge >= 0.3 is 0 Å². The molecule has 1 aliphatic rings. The lowest BCUT2D eigenvalue weighted by molar-refractivity contribution is -0.119. The van der Waals surface area contributed by atoms with Crippen LogP contribution in [0.5, 0.6) is 0 Å². The summed E-state index contributed by atoms with van der Waals surface area (Å²) in [6, 6.07) is 4.15. The van der Waals surface area contributed by atoms with Gasteiger partial charge in [0.15, 0.2) is 0 Å². The van der Waals surface area contributed by atoms with E-state index in [-0.39, 0.29) is 5.91 Å². The lowest BCUT2D eigenvalue weighted by Gasteiger charge is -2.22. The number of rotatable bonds is 3. The average molecular weight is 260 g/mol. The van der Waals surface area contributed by atoms with E-state index in [1.54, 1.807) is 0 Å². The van der Waals surface area contributed by atoms with Gasteiger partial charge in [-0.2, -0.15) is 0 Å². The highest BCUT2D eigenvalue weighted by atomic mass is 16.2. The van der Waals surface area contributed by atoms with Crippen LogP contribution in [0, 0.1) is 26.7 Å². The summed E-state index contributed by atoms with van der Waals surface area (Å²) in [7, 11) is 1.89. The Morgan fingerprint density at radius 1 is 1.32 bits per heavy atom. The molecule has 1 fully saturated rings. The smallest absolute Gasteiger partial charge is 0.227 e. The maximum absolute atomic E-state index is 12.3. The van der Waals surface area contributed by atoms with Gasteiger partial charge in [0.2, 0.25) is 5.91 Å². The van der Waals surface area contributed by atoms with E-state index in [4.69, 9.17) is 0 Å². The van der Waals surface area contributed by atoms with Crippen LogP contribution in [0.2, 0.25) is 0 Å². The van der Waals surface area contributed by atoms with E-state index in [0.717, 1.165) is 25.2 Å². The van der Waals surface area contributed by atoms with Crippen LogP contribution in [-0.2, 0) is 4.79 Å². The summed E-state index contributed by atoms with van der Waals surface area (Å²) >= 11 is 0. The molecule has 0 aliphatic carbocycles. The molecule has 1 amide bonds. The molecule has 1 aromatic rings. The van der Waals surface area contributed by atoms with Crippen molar-refractivity contribution in [3.63, 3.8) is 0 Å². The SMILES string of the molecule is Cc1ccc(N(C)C(=O)CC2CCNC2)c(C)c1C.